The van der Waals surface area contributed by atoms with Gasteiger partial charge in [0.05, 0.1) is 0 Å². The Balaban J connectivity index is 1.49. The Morgan fingerprint density at radius 3 is 0.935 bits per heavy atom. The van der Waals surface area contributed by atoms with E-state index in [4.69, 9.17) is 0 Å². The number of benzene rings is 8. The lowest BCUT2D eigenvalue weighted by atomic mass is 9.82. The summed E-state index contributed by atoms with van der Waals surface area (Å²) in [6.45, 7) is 8.28. The first kappa shape index (κ1) is 27.9. The van der Waals surface area contributed by atoms with Crippen molar-refractivity contribution < 1.29 is 10.2 Å². The smallest absolute Gasteiger partial charge is 0.131 e. The average molecular weight is 595 g/mol. The number of aromatic hydroxyl groups is 2. The van der Waals surface area contributed by atoms with Crippen LogP contribution in [0.4, 0.5) is 0 Å². The van der Waals surface area contributed by atoms with Crippen molar-refractivity contribution in [3.8, 4) is 44.9 Å². The first-order valence-corrected chi connectivity index (χ1v) is 15.8. The molecular weight excluding hydrogens is 560 g/mol. The SMILES string of the molecule is Cc1cc(-c2c3ccccc3cc3ccccc23)c(O)c(-c2c(C)c(C)cc(-c3c4ccccc4cc4ccccc34)c2O)c1C. The van der Waals surface area contributed by atoms with Crippen molar-refractivity contribution in [2.75, 3.05) is 0 Å². The van der Waals surface area contributed by atoms with Crippen LogP contribution in [-0.2, 0) is 0 Å². The second kappa shape index (κ2) is 10.5. The van der Waals surface area contributed by atoms with Gasteiger partial charge in [-0.3, -0.25) is 0 Å². The third-order valence-electron chi connectivity index (χ3n) is 9.97. The zero-order chi connectivity index (χ0) is 31.7. The molecule has 222 valence electrons. The molecule has 0 spiro atoms. The Kier molecular flexibility index (Phi) is 6.37. The molecule has 8 aromatic carbocycles. The molecule has 0 aliphatic rings. The van der Waals surface area contributed by atoms with Crippen molar-refractivity contribution in [3.63, 3.8) is 0 Å². The summed E-state index contributed by atoms with van der Waals surface area (Å²) in [5.74, 6) is 0.365. The van der Waals surface area contributed by atoms with E-state index in [1.54, 1.807) is 0 Å². The highest BCUT2D eigenvalue weighted by Gasteiger charge is 2.26. The van der Waals surface area contributed by atoms with Gasteiger partial charge in [-0.25, -0.2) is 0 Å². The minimum absolute atomic E-state index is 0.183. The highest BCUT2D eigenvalue weighted by Crippen LogP contribution is 2.52. The molecule has 0 saturated carbocycles. The number of hydrogen-bond donors (Lipinski definition) is 2. The Morgan fingerprint density at radius 1 is 0.348 bits per heavy atom. The van der Waals surface area contributed by atoms with Gasteiger partial charge in [0.2, 0.25) is 0 Å². The van der Waals surface area contributed by atoms with Gasteiger partial charge in [-0.15, -0.1) is 0 Å². The Bertz CT molecular complexity index is 2250. The summed E-state index contributed by atoms with van der Waals surface area (Å²) in [5.41, 5.74) is 8.89. The van der Waals surface area contributed by atoms with E-state index < -0.39 is 0 Å². The summed E-state index contributed by atoms with van der Waals surface area (Å²) < 4.78 is 0. The molecule has 0 amide bonds. The Morgan fingerprint density at radius 2 is 0.630 bits per heavy atom. The monoisotopic (exact) mass is 594 g/mol. The van der Waals surface area contributed by atoms with Gasteiger partial charge >= 0.3 is 0 Å². The normalized spacial score (nSPS) is 11.7. The molecule has 0 saturated heterocycles. The molecule has 0 aliphatic heterocycles. The van der Waals surface area contributed by atoms with Gasteiger partial charge in [-0.2, -0.15) is 0 Å². The lowest BCUT2D eigenvalue weighted by Gasteiger charge is -2.23. The van der Waals surface area contributed by atoms with Gasteiger partial charge in [0, 0.05) is 33.4 Å². The summed E-state index contributed by atoms with van der Waals surface area (Å²) in [5, 5.41) is 33.7. The van der Waals surface area contributed by atoms with Crippen molar-refractivity contribution in [2.45, 2.75) is 27.7 Å². The van der Waals surface area contributed by atoms with Crippen LogP contribution in [0.2, 0.25) is 0 Å². The molecule has 0 aliphatic carbocycles. The second-order valence-electron chi connectivity index (χ2n) is 12.6. The fourth-order valence-electron chi connectivity index (χ4n) is 7.41. The molecule has 0 atom stereocenters. The number of fused-ring (bicyclic) bond motifs is 4. The maximum Gasteiger partial charge on any atom is 0.131 e. The predicted molar refractivity (Wildman–Crippen MR) is 195 cm³/mol. The third-order valence-corrected chi connectivity index (χ3v) is 9.97. The standard InChI is InChI=1S/C44H34O2/c1-25-21-37(41-33-17-9-5-13-29(33)23-30-14-6-10-18-34(30)41)43(45)39(27(25)3)40-28(4)26(2)22-38(44(40)46)42-35-19-11-7-15-31(35)24-32-16-8-12-20-36(32)42/h5-24,45-46H,1-4H3. The molecule has 8 rings (SSSR count). The molecule has 2 N–H and O–H groups in total. The minimum atomic E-state index is 0.183. The maximum absolute atomic E-state index is 12.5. The highest BCUT2D eigenvalue weighted by molar-refractivity contribution is 6.16. The summed E-state index contributed by atoms with van der Waals surface area (Å²) in [4.78, 5) is 0. The van der Waals surface area contributed by atoms with E-state index in [1.807, 2.05) is 13.8 Å². The van der Waals surface area contributed by atoms with Gasteiger partial charge in [-0.1, -0.05) is 97.1 Å². The van der Waals surface area contributed by atoms with E-state index in [0.29, 0.717) is 11.1 Å². The molecule has 0 radical (unpaired) electrons. The second-order valence-corrected chi connectivity index (χ2v) is 12.6. The topological polar surface area (TPSA) is 40.5 Å². The van der Waals surface area contributed by atoms with Crippen LogP contribution >= 0.6 is 0 Å². The van der Waals surface area contributed by atoms with Crippen molar-refractivity contribution in [3.05, 3.63) is 144 Å². The first-order chi connectivity index (χ1) is 22.3. The molecule has 0 bridgehead atoms. The molecule has 8 aromatic rings. The number of hydrogen-bond acceptors (Lipinski definition) is 2. The minimum Gasteiger partial charge on any atom is -0.507 e. The van der Waals surface area contributed by atoms with Gasteiger partial charge in [0.15, 0.2) is 0 Å². The van der Waals surface area contributed by atoms with Gasteiger partial charge in [-0.05, 0) is 117 Å². The van der Waals surface area contributed by atoms with Crippen LogP contribution in [0.15, 0.2) is 121 Å². The van der Waals surface area contributed by atoms with Crippen LogP contribution < -0.4 is 0 Å². The van der Waals surface area contributed by atoms with E-state index in [-0.39, 0.29) is 11.5 Å². The van der Waals surface area contributed by atoms with Crippen LogP contribution in [0.3, 0.4) is 0 Å². The summed E-state index contributed by atoms with van der Waals surface area (Å²) in [6, 6.07) is 42.1. The van der Waals surface area contributed by atoms with Crippen LogP contribution in [0.5, 0.6) is 11.5 Å². The van der Waals surface area contributed by atoms with Crippen LogP contribution in [-0.4, -0.2) is 10.2 Å². The Labute approximate surface area is 268 Å². The average Bonchev–Trinajstić information content (AvgIpc) is 3.07. The zero-order valence-corrected chi connectivity index (χ0v) is 26.4. The molecule has 0 aromatic heterocycles. The quantitative estimate of drug-likeness (QED) is 0.200. The van der Waals surface area contributed by atoms with Gasteiger partial charge < -0.3 is 10.2 Å². The Hall–Kier alpha value is -5.60. The fraction of sp³-hybridized carbons (Fsp3) is 0.0909. The first-order valence-electron chi connectivity index (χ1n) is 15.8. The van der Waals surface area contributed by atoms with Crippen molar-refractivity contribution in [1.29, 1.82) is 0 Å². The van der Waals surface area contributed by atoms with E-state index in [0.717, 1.165) is 87.6 Å². The summed E-state index contributed by atoms with van der Waals surface area (Å²) in [7, 11) is 0. The molecular formula is C44H34O2. The van der Waals surface area contributed by atoms with Crippen molar-refractivity contribution >= 4 is 43.1 Å². The molecule has 2 nitrogen and oxygen atoms in total. The van der Waals surface area contributed by atoms with Gasteiger partial charge in [0.1, 0.15) is 11.5 Å². The summed E-state index contributed by atoms with van der Waals surface area (Å²) in [6.07, 6.45) is 0. The lowest BCUT2D eigenvalue weighted by molar-refractivity contribution is 0.470. The van der Waals surface area contributed by atoms with E-state index in [9.17, 15) is 10.2 Å². The predicted octanol–water partition coefficient (Wildman–Crippen LogP) is 11.9. The van der Waals surface area contributed by atoms with E-state index in [2.05, 4.69) is 135 Å². The molecule has 2 heteroatoms. The van der Waals surface area contributed by atoms with Crippen LogP contribution in [0.25, 0.3) is 76.5 Å². The molecule has 0 unspecified atom stereocenters. The van der Waals surface area contributed by atoms with E-state index in [1.165, 1.54) is 0 Å². The van der Waals surface area contributed by atoms with Crippen molar-refractivity contribution in [1.82, 2.24) is 0 Å². The van der Waals surface area contributed by atoms with Gasteiger partial charge in [0.25, 0.3) is 0 Å². The van der Waals surface area contributed by atoms with E-state index >= 15 is 0 Å². The van der Waals surface area contributed by atoms with Crippen LogP contribution in [0.1, 0.15) is 22.3 Å². The van der Waals surface area contributed by atoms with Crippen molar-refractivity contribution in [2.24, 2.45) is 0 Å². The molecule has 0 fully saturated rings. The summed E-state index contributed by atoms with van der Waals surface area (Å²) >= 11 is 0. The highest BCUT2D eigenvalue weighted by atomic mass is 16.3. The number of phenolic OH excluding ortho intramolecular Hbond substituents is 2. The molecule has 0 heterocycles. The van der Waals surface area contributed by atoms with Crippen LogP contribution in [0, 0.1) is 27.7 Å². The lowest BCUT2D eigenvalue weighted by Crippen LogP contribution is -1.98. The fourth-order valence-corrected chi connectivity index (χ4v) is 7.41. The molecule has 46 heavy (non-hydrogen) atoms. The third kappa shape index (κ3) is 4.10. The number of rotatable bonds is 3. The number of phenols is 2. The maximum atomic E-state index is 12.5. The largest absolute Gasteiger partial charge is 0.507 e. The zero-order valence-electron chi connectivity index (χ0n) is 26.4. The number of aryl methyl sites for hydroxylation is 2.